The van der Waals surface area contributed by atoms with Gasteiger partial charge in [-0.15, -0.1) is 0 Å². The summed E-state index contributed by atoms with van der Waals surface area (Å²) in [6, 6.07) is 8.80. The van der Waals surface area contributed by atoms with Crippen LogP contribution >= 0.6 is 0 Å². The number of carbonyl (C=O) groups excluding carboxylic acids is 1. The molecular weight excluding hydrogens is 417 g/mol. The molecule has 0 aliphatic heterocycles. The average Bonchev–Trinajstić information content (AvgIpc) is 2.99. The normalized spacial score (nSPS) is 12.1. The van der Waals surface area contributed by atoms with Crippen LogP contribution in [0.3, 0.4) is 0 Å². The van der Waals surface area contributed by atoms with Crippen molar-refractivity contribution in [2.45, 2.75) is 40.4 Å². The second-order valence-corrected chi connectivity index (χ2v) is 9.08. The van der Waals surface area contributed by atoms with Gasteiger partial charge in [-0.1, -0.05) is 51.1 Å². The third kappa shape index (κ3) is 5.00. The number of hydrogen-bond donors (Lipinski definition) is 0. The number of rotatable bonds is 5. The van der Waals surface area contributed by atoms with Gasteiger partial charge in [-0.3, -0.25) is 14.8 Å². The molecule has 2 aromatic heterocycles. The van der Waals surface area contributed by atoms with E-state index in [4.69, 9.17) is 0 Å². The summed E-state index contributed by atoms with van der Waals surface area (Å²) >= 11 is 0. The van der Waals surface area contributed by atoms with Gasteiger partial charge in [0.15, 0.2) is 0 Å². The van der Waals surface area contributed by atoms with Crippen molar-refractivity contribution in [1.29, 1.82) is 0 Å². The molecule has 0 radical (unpaired) electrons. The van der Waals surface area contributed by atoms with Gasteiger partial charge in [0.1, 0.15) is 11.4 Å². The molecule has 3 aromatic rings. The molecule has 32 heavy (non-hydrogen) atoms. The SMILES string of the molecule is Cc1c(-c2cnccn2)c(C(=O)N(C)CC(C)(C)C)n(Cc2ccccc2)c1C(F)(F)F. The lowest BCUT2D eigenvalue weighted by atomic mass is 9.96. The van der Waals surface area contributed by atoms with Crippen LogP contribution in [0.5, 0.6) is 0 Å². The lowest BCUT2D eigenvalue weighted by molar-refractivity contribution is -0.143. The van der Waals surface area contributed by atoms with Crippen molar-refractivity contribution in [3.05, 3.63) is 71.4 Å². The molecule has 0 N–H and O–H groups in total. The molecule has 0 unspecified atom stereocenters. The Morgan fingerprint density at radius 1 is 1.09 bits per heavy atom. The molecule has 170 valence electrons. The van der Waals surface area contributed by atoms with Crippen molar-refractivity contribution in [2.75, 3.05) is 13.6 Å². The molecule has 0 atom stereocenters. The summed E-state index contributed by atoms with van der Waals surface area (Å²) in [6.45, 7) is 7.57. The van der Waals surface area contributed by atoms with Gasteiger partial charge in [0.2, 0.25) is 0 Å². The highest BCUT2D eigenvalue weighted by Gasteiger charge is 2.42. The molecule has 8 heteroatoms. The second-order valence-electron chi connectivity index (χ2n) is 9.08. The number of hydrogen-bond acceptors (Lipinski definition) is 3. The van der Waals surface area contributed by atoms with Crippen LogP contribution in [-0.4, -0.2) is 38.9 Å². The number of halogens is 3. The standard InChI is InChI=1S/C24H27F3N4O/c1-16-19(18-13-28-11-12-29-18)20(22(32)30(5)15-23(2,3)4)31(21(16)24(25,26)27)14-17-9-7-6-8-10-17/h6-13H,14-15H2,1-5H3. The van der Waals surface area contributed by atoms with Crippen molar-refractivity contribution in [2.24, 2.45) is 5.41 Å². The van der Waals surface area contributed by atoms with Crippen LogP contribution in [0.1, 0.15) is 48.1 Å². The monoisotopic (exact) mass is 444 g/mol. The van der Waals surface area contributed by atoms with Crippen LogP contribution in [0, 0.1) is 12.3 Å². The third-order valence-electron chi connectivity index (χ3n) is 5.04. The van der Waals surface area contributed by atoms with E-state index in [1.54, 1.807) is 37.4 Å². The van der Waals surface area contributed by atoms with E-state index >= 15 is 0 Å². The van der Waals surface area contributed by atoms with Crippen molar-refractivity contribution in [3.63, 3.8) is 0 Å². The van der Waals surface area contributed by atoms with Crippen molar-refractivity contribution in [1.82, 2.24) is 19.4 Å². The van der Waals surface area contributed by atoms with Gasteiger partial charge in [-0.05, 0) is 23.5 Å². The zero-order chi connectivity index (χ0) is 23.7. The van der Waals surface area contributed by atoms with Crippen LogP contribution in [-0.2, 0) is 12.7 Å². The third-order valence-corrected chi connectivity index (χ3v) is 5.04. The summed E-state index contributed by atoms with van der Waals surface area (Å²) in [4.78, 5) is 23.3. The topological polar surface area (TPSA) is 51.0 Å². The van der Waals surface area contributed by atoms with Gasteiger partial charge in [-0.25, -0.2) is 0 Å². The zero-order valence-corrected chi connectivity index (χ0v) is 18.9. The van der Waals surface area contributed by atoms with Crippen LogP contribution in [0.4, 0.5) is 13.2 Å². The largest absolute Gasteiger partial charge is 0.431 e. The maximum Gasteiger partial charge on any atom is 0.431 e. The van der Waals surface area contributed by atoms with Crippen LogP contribution in [0.25, 0.3) is 11.3 Å². The van der Waals surface area contributed by atoms with E-state index in [0.717, 1.165) is 4.57 Å². The fourth-order valence-electron chi connectivity index (χ4n) is 3.96. The number of nitrogens with zero attached hydrogens (tertiary/aromatic N) is 4. The lowest BCUT2D eigenvalue weighted by Gasteiger charge is -2.27. The first-order chi connectivity index (χ1) is 14.9. The van der Waals surface area contributed by atoms with Crippen LogP contribution in [0.2, 0.25) is 0 Å². The maximum atomic E-state index is 14.3. The summed E-state index contributed by atoms with van der Waals surface area (Å²) in [6.07, 6.45) is -0.422. The number of aromatic nitrogens is 3. The van der Waals surface area contributed by atoms with E-state index in [0.29, 0.717) is 12.1 Å². The van der Waals surface area contributed by atoms with E-state index in [-0.39, 0.29) is 34.5 Å². The molecule has 0 fully saturated rings. The molecule has 0 aliphatic carbocycles. The predicted octanol–water partition coefficient (Wildman–Crippen LogP) is 5.44. The fraction of sp³-hybridized carbons (Fsp3) is 0.375. The molecule has 0 saturated carbocycles. The summed E-state index contributed by atoms with van der Waals surface area (Å²) in [5.41, 5.74) is -0.106. The molecule has 1 amide bonds. The van der Waals surface area contributed by atoms with Crippen LogP contribution < -0.4 is 0 Å². The smallest absolute Gasteiger partial charge is 0.340 e. The highest BCUT2D eigenvalue weighted by Crippen LogP contribution is 2.41. The first kappa shape index (κ1) is 23.5. The molecule has 1 aromatic carbocycles. The molecule has 2 heterocycles. The van der Waals surface area contributed by atoms with Crippen LogP contribution in [0.15, 0.2) is 48.9 Å². The number of alkyl halides is 3. The van der Waals surface area contributed by atoms with Crippen molar-refractivity contribution >= 4 is 5.91 Å². The van der Waals surface area contributed by atoms with Crippen molar-refractivity contribution < 1.29 is 18.0 Å². The summed E-state index contributed by atoms with van der Waals surface area (Å²) in [7, 11) is 1.61. The average molecular weight is 445 g/mol. The number of amides is 1. The van der Waals surface area contributed by atoms with E-state index in [1.165, 1.54) is 30.4 Å². The highest BCUT2D eigenvalue weighted by molar-refractivity contribution is 6.00. The molecule has 0 spiro atoms. The quantitative estimate of drug-likeness (QED) is 0.527. The zero-order valence-electron chi connectivity index (χ0n) is 18.9. The van der Waals surface area contributed by atoms with Gasteiger partial charge in [0, 0.05) is 38.1 Å². The lowest BCUT2D eigenvalue weighted by Crippen LogP contribution is -2.36. The minimum Gasteiger partial charge on any atom is -0.340 e. The van der Waals surface area contributed by atoms with Gasteiger partial charge < -0.3 is 9.47 Å². The number of benzene rings is 1. The van der Waals surface area contributed by atoms with E-state index in [1.807, 2.05) is 20.8 Å². The van der Waals surface area contributed by atoms with Gasteiger partial charge in [0.05, 0.1) is 11.9 Å². The molecule has 0 bridgehead atoms. The Morgan fingerprint density at radius 3 is 2.28 bits per heavy atom. The molecular formula is C24H27F3N4O. The summed E-state index contributed by atoms with van der Waals surface area (Å²) in [5, 5.41) is 0. The Hall–Kier alpha value is -3.16. The Morgan fingerprint density at radius 2 is 1.75 bits per heavy atom. The first-order valence-corrected chi connectivity index (χ1v) is 10.3. The maximum absolute atomic E-state index is 14.3. The summed E-state index contributed by atoms with van der Waals surface area (Å²) < 4.78 is 43.9. The minimum absolute atomic E-state index is 0.0362. The first-order valence-electron chi connectivity index (χ1n) is 10.3. The Labute approximate surface area is 185 Å². The highest BCUT2D eigenvalue weighted by atomic mass is 19.4. The van der Waals surface area contributed by atoms with E-state index in [2.05, 4.69) is 9.97 Å². The predicted molar refractivity (Wildman–Crippen MR) is 117 cm³/mol. The molecule has 5 nitrogen and oxygen atoms in total. The Balaban J connectivity index is 2.31. The number of carbonyl (C=O) groups is 1. The van der Waals surface area contributed by atoms with Gasteiger partial charge in [0.25, 0.3) is 5.91 Å². The van der Waals surface area contributed by atoms with Gasteiger partial charge >= 0.3 is 6.18 Å². The van der Waals surface area contributed by atoms with E-state index in [9.17, 15) is 18.0 Å². The second kappa shape index (κ2) is 8.76. The molecule has 3 rings (SSSR count). The Kier molecular flexibility index (Phi) is 6.44. The Bertz CT molecular complexity index is 1080. The van der Waals surface area contributed by atoms with Gasteiger partial charge in [-0.2, -0.15) is 13.2 Å². The fourth-order valence-corrected chi connectivity index (χ4v) is 3.96. The summed E-state index contributed by atoms with van der Waals surface area (Å²) in [5.74, 6) is -0.491. The van der Waals surface area contributed by atoms with E-state index < -0.39 is 17.8 Å². The minimum atomic E-state index is -4.66. The van der Waals surface area contributed by atoms with Crippen molar-refractivity contribution in [3.8, 4) is 11.3 Å². The molecule has 0 aliphatic rings. The molecule has 0 saturated heterocycles.